The van der Waals surface area contributed by atoms with Crippen LogP contribution < -0.4 is 10.1 Å². The van der Waals surface area contributed by atoms with Crippen molar-refractivity contribution in [2.24, 2.45) is 5.41 Å². The van der Waals surface area contributed by atoms with E-state index in [4.69, 9.17) is 9.26 Å². The van der Waals surface area contributed by atoms with E-state index in [-0.39, 0.29) is 11.3 Å². The molecule has 0 aliphatic heterocycles. The van der Waals surface area contributed by atoms with Crippen molar-refractivity contribution < 1.29 is 14.1 Å². The first kappa shape index (κ1) is 17.5. The van der Waals surface area contributed by atoms with Crippen LogP contribution in [0.1, 0.15) is 50.6 Å². The monoisotopic (exact) mass is 342 g/mol. The molecule has 1 fully saturated rings. The van der Waals surface area contributed by atoms with E-state index in [1.807, 2.05) is 30.3 Å². The average molecular weight is 342 g/mol. The Bertz CT molecular complexity index is 749. The third-order valence-corrected chi connectivity index (χ3v) is 5.24. The van der Waals surface area contributed by atoms with Gasteiger partial charge in [0.15, 0.2) is 5.76 Å². The maximum atomic E-state index is 13.0. The Hall–Kier alpha value is -2.30. The van der Waals surface area contributed by atoms with Crippen LogP contribution in [-0.4, -0.2) is 18.2 Å². The molecule has 0 bridgehead atoms. The van der Waals surface area contributed by atoms with Gasteiger partial charge >= 0.3 is 0 Å². The highest BCUT2D eigenvalue weighted by Crippen LogP contribution is 2.64. The lowest BCUT2D eigenvalue weighted by molar-refractivity contribution is -0.124. The molecule has 1 aromatic carbocycles. The Kier molecular flexibility index (Phi) is 4.58. The molecule has 0 radical (unpaired) electrons. The zero-order valence-electron chi connectivity index (χ0n) is 15.4. The van der Waals surface area contributed by atoms with Gasteiger partial charge in [0.1, 0.15) is 5.75 Å². The van der Waals surface area contributed by atoms with Gasteiger partial charge in [0, 0.05) is 6.07 Å². The summed E-state index contributed by atoms with van der Waals surface area (Å²) in [5, 5.41) is 7.06. The van der Waals surface area contributed by atoms with Crippen molar-refractivity contribution in [2.75, 3.05) is 7.11 Å². The van der Waals surface area contributed by atoms with Crippen LogP contribution in [0.3, 0.4) is 0 Å². The van der Waals surface area contributed by atoms with Crippen molar-refractivity contribution in [1.29, 1.82) is 0 Å². The van der Waals surface area contributed by atoms with Crippen molar-refractivity contribution in [3.63, 3.8) is 0 Å². The molecule has 5 nitrogen and oxygen atoms in total. The number of carbonyl (C=O) groups is 1. The van der Waals surface area contributed by atoms with E-state index < -0.39 is 5.41 Å². The van der Waals surface area contributed by atoms with E-state index in [1.165, 1.54) is 0 Å². The summed E-state index contributed by atoms with van der Waals surface area (Å²) in [6, 6.07) is 9.71. The highest BCUT2D eigenvalue weighted by atomic mass is 16.5. The fourth-order valence-corrected chi connectivity index (χ4v) is 3.64. The van der Waals surface area contributed by atoms with Gasteiger partial charge < -0.3 is 14.6 Å². The Labute approximate surface area is 148 Å². The molecule has 3 rings (SSSR count). The zero-order valence-corrected chi connectivity index (χ0v) is 15.4. The largest absolute Gasteiger partial charge is 0.497 e. The van der Waals surface area contributed by atoms with Gasteiger partial charge in [-0.25, -0.2) is 0 Å². The quantitative estimate of drug-likeness (QED) is 0.835. The van der Waals surface area contributed by atoms with E-state index in [1.54, 1.807) is 7.11 Å². The molecule has 1 N–H and O–H groups in total. The van der Waals surface area contributed by atoms with Gasteiger partial charge in [0.2, 0.25) is 5.91 Å². The van der Waals surface area contributed by atoms with E-state index in [9.17, 15) is 4.79 Å². The minimum atomic E-state index is -0.495. The Balaban J connectivity index is 1.73. The first-order valence-electron chi connectivity index (χ1n) is 8.80. The van der Waals surface area contributed by atoms with E-state index in [0.717, 1.165) is 36.3 Å². The van der Waals surface area contributed by atoms with Gasteiger partial charge in [-0.3, -0.25) is 4.79 Å². The second kappa shape index (κ2) is 6.54. The smallest absolute Gasteiger partial charge is 0.231 e. The molecule has 2 aromatic rings. The van der Waals surface area contributed by atoms with Crippen LogP contribution in [-0.2, 0) is 23.2 Å². The predicted molar refractivity (Wildman–Crippen MR) is 95.4 cm³/mol. The van der Waals surface area contributed by atoms with Gasteiger partial charge in [0.25, 0.3) is 0 Å². The summed E-state index contributed by atoms with van der Waals surface area (Å²) in [5.74, 6) is 1.53. The second-order valence-electron chi connectivity index (χ2n) is 7.41. The van der Waals surface area contributed by atoms with Gasteiger partial charge in [-0.1, -0.05) is 44.5 Å². The maximum absolute atomic E-state index is 13.0. The topological polar surface area (TPSA) is 64.4 Å². The standard InChI is InChI=1S/C20H26N2O3/c1-5-6-15-11-17(25-22-15)12-21-18(23)20(13-19(20,2)3)14-7-9-16(24-4)10-8-14/h7-11H,5-6,12-13H2,1-4H3,(H,21,23). The number of aryl methyl sites for hydroxylation is 1. The van der Waals surface area contributed by atoms with Gasteiger partial charge in [-0.15, -0.1) is 0 Å². The van der Waals surface area contributed by atoms with Crippen LogP contribution >= 0.6 is 0 Å². The second-order valence-corrected chi connectivity index (χ2v) is 7.41. The first-order valence-corrected chi connectivity index (χ1v) is 8.80. The predicted octanol–water partition coefficient (Wildman–Crippen LogP) is 3.62. The number of methoxy groups -OCH3 is 1. The Morgan fingerprint density at radius 2 is 2.00 bits per heavy atom. The molecule has 1 aliphatic carbocycles. The summed E-state index contributed by atoms with van der Waals surface area (Å²) >= 11 is 0. The van der Waals surface area contributed by atoms with E-state index in [2.05, 4.69) is 31.2 Å². The number of rotatable bonds is 7. The third kappa shape index (κ3) is 3.15. The molecule has 1 aromatic heterocycles. The average Bonchev–Trinajstić information content (AvgIpc) is 2.95. The number of nitrogens with one attached hydrogen (secondary N) is 1. The minimum Gasteiger partial charge on any atom is -0.497 e. The number of hydrogen-bond acceptors (Lipinski definition) is 4. The lowest BCUT2D eigenvalue weighted by Crippen LogP contribution is -2.37. The lowest BCUT2D eigenvalue weighted by atomic mass is 9.87. The number of carbonyl (C=O) groups excluding carboxylic acids is 1. The molecule has 5 heteroatoms. The van der Waals surface area contributed by atoms with Crippen LogP contribution in [0, 0.1) is 5.41 Å². The molecule has 25 heavy (non-hydrogen) atoms. The molecular formula is C20H26N2O3. The molecule has 0 saturated heterocycles. The van der Waals surface area contributed by atoms with Crippen LogP contribution in [0.5, 0.6) is 5.75 Å². The summed E-state index contributed by atoms with van der Waals surface area (Å²) in [6.07, 6.45) is 2.74. The number of ether oxygens (including phenoxy) is 1. The van der Waals surface area contributed by atoms with Crippen LogP contribution in [0.2, 0.25) is 0 Å². The number of benzene rings is 1. The van der Waals surface area contributed by atoms with Crippen molar-refractivity contribution in [3.8, 4) is 5.75 Å². The molecule has 1 atom stereocenters. The van der Waals surface area contributed by atoms with Crippen molar-refractivity contribution in [3.05, 3.63) is 47.3 Å². The number of hydrogen-bond donors (Lipinski definition) is 1. The highest BCUT2D eigenvalue weighted by Gasteiger charge is 2.66. The molecule has 134 valence electrons. The summed E-state index contributed by atoms with van der Waals surface area (Å²) in [5.41, 5.74) is 1.40. The lowest BCUT2D eigenvalue weighted by Gasteiger charge is -2.20. The summed E-state index contributed by atoms with van der Waals surface area (Å²) in [4.78, 5) is 13.0. The van der Waals surface area contributed by atoms with Crippen molar-refractivity contribution in [2.45, 2.75) is 52.0 Å². The number of aromatic nitrogens is 1. The van der Waals surface area contributed by atoms with Crippen LogP contribution in [0.15, 0.2) is 34.9 Å². The van der Waals surface area contributed by atoms with Crippen LogP contribution in [0.4, 0.5) is 0 Å². The molecule has 1 aliphatic rings. The molecule has 1 amide bonds. The Morgan fingerprint density at radius 3 is 2.56 bits per heavy atom. The summed E-state index contributed by atoms with van der Waals surface area (Å²) in [7, 11) is 1.64. The SMILES string of the molecule is CCCc1cc(CNC(=O)C2(c3ccc(OC)cc3)CC2(C)C)on1. The molecular weight excluding hydrogens is 316 g/mol. The van der Waals surface area contributed by atoms with E-state index >= 15 is 0 Å². The van der Waals surface area contributed by atoms with Crippen molar-refractivity contribution >= 4 is 5.91 Å². The number of nitrogens with zero attached hydrogens (tertiary/aromatic N) is 1. The van der Waals surface area contributed by atoms with Crippen LogP contribution in [0.25, 0.3) is 0 Å². The Morgan fingerprint density at radius 1 is 1.32 bits per heavy atom. The fraction of sp³-hybridized carbons (Fsp3) is 0.500. The summed E-state index contributed by atoms with van der Waals surface area (Å²) < 4.78 is 10.5. The molecule has 0 spiro atoms. The normalized spacial score (nSPS) is 21.0. The number of amides is 1. The summed E-state index contributed by atoms with van der Waals surface area (Å²) in [6.45, 7) is 6.72. The maximum Gasteiger partial charge on any atom is 0.231 e. The molecule has 1 saturated carbocycles. The van der Waals surface area contributed by atoms with Gasteiger partial charge in [-0.2, -0.15) is 0 Å². The van der Waals surface area contributed by atoms with E-state index in [0.29, 0.717) is 12.3 Å². The van der Waals surface area contributed by atoms with Gasteiger partial charge in [0.05, 0.1) is 24.8 Å². The molecule has 1 heterocycles. The first-order chi connectivity index (χ1) is 11.9. The van der Waals surface area contributed by atoms with Gasteiger partial charge in [-0.05, 0) is 36.0 Å². The highest BCUT2D eigenvalue weighted by molar-refractivity contribution is 5.93. The molecule has 1 unspecified atom stereocenters. The zero-order chi connectivity index (χ0) is 18.1. The fourth-order valence-electron chi connectivity index (χ4n) is 3.64. The third-order valence-electron chi connectivity index (χ3n) is 5.24. The minimum absolute atomic E-state index is 0.0381. The van der Waals surface area contributed by atoms with Crippen molar-refractivity contribution in [1.82, 2.24) is 10.5 Å².